The van der Waals surface area contributed by atoms with Crippen LogP contribution in [0.3, 0.4) is 0 Å². The van der Waals surface area contributed by atoms with Gasteiger partial charge in [-0.25, -0.2) is 0 Å². The highest BCUT2D eigenvalue weighted by atomic mass is 127. The summed E-state index contributed by atoms with van der Waals surface area (Å²) in [5.74, 6) is 0.463. The van der Waals surface area contributed by atoms with E-state index in [-0.39, 0.29) is 36.1 Å². The van der Waals surface area contributed by atoms with Crippen LogP contribution in [0, 0.1) is 6.92 Å². The first-order valence-corrected chi connectivity index (χ1v) is 8.54. The lowest BCUT2D eigenvalue weighted by Gasteiger charge is -2.34. The van der Waals surface area contributed by atoms with E-state index in [0.29, 0.717) is 19.1 Å². The molecule has 0 amide bonds. The number of hydrogen-bond donors (Lipinski definition) is 2. The van der Waals surface area contributed by atoms with E-state index < -0.39 is 0 Å². The van der Waals surface area contributed by atoms with E-state index in [1.165, 1.54) is 11.1 Å². The van der Waals surface area contributed by atoms with E-state index >= 15 is 0 Å². The maximum Gasteiger partial charge on any atom is 0.188 e. The molecule has 25 heavy (non-hydrogen) atoms. The van der Waals surface area contributed by atoms with E-state index in [1.54, 1.807) is 7.11 Å². The normalized spacial score (nSPS) is 18.3. The number of morpholine rings is 1. The molecule has 2 atom stereocenters. The number of halogens is 1. The summed E-state index contributed by atoms with van der Waals surface area (Å²) in [4.78, 5) is 7.00. The second kappa shape index (κ2) is 11.7. The number of nitrogens with one attached hydrogen (secondary N) is 1. The zero-order chi connectivity index (χ0) is 17.4. The van der Waals surface area contributed by atoms with Crippen molar-refractivity contribution in [1.82, 2.24) is 10.2 Å². The summed E-state index contributed by atoms with van der Waals surface area (Å²) < 4.78 is 10.6. The van der Waals surface area contributed by atoms with Crippen LogP contribution in [0.25, 0.3) is 0 Å². The molecule has 0 aliphatic carbocycles. The fourth-order valence-electron chi connectivity index (χ4n) is 2.97. The van der Waals surface area contributed by atoms with Crippen LogP contribution in [0.15, 0.2) is 29.3 Å². The van der Waals surface area contributed by atoms with Crippen LogP contribution in [-0.2, 0) is 9.47 Å². The van der Waals surface area contributed by atoms with E-state index in [0.717, 1.165) is 26.3 Å². The Morgan fingerprint density at radius 1 is 1.40 bits per heavy atom. The average Bonchev–Trinajstić information content (AvgIpc) is 2.56. The molecule has 0 radical (unpaired) electrons. The second-order valence-corrected chi connectivity index (χ2v) is 6.30. The predicted octanol–water partition coefficient (Wildman–Crippen LogP) is 1.93. The van der Waals surface area contributed by atoms with Crippen molar-refractivity contribution in [3.8, 4) is 0 Å². The van der Waals surface area contributed by atoms with Crippen LogP contribution < -0.4 is 11.1 Å². The van der Waals surface area contributed by atoms with Gasteiger partial charge < -0.3 is 20.5 Å². The Morgan fingerprint density at radius 2 is 2.12 bits per heavy atom. The van der Waals surface area contributed by atoms with Gasteiger partial charge in [0.05, 0.1) is 32.4 Å². The third-order valence-electron chi connectivity index (χ3n) is 4.16. The number of nitrogens with zero attached hydrogens (tertiary/aromatic N) is 2. The molecule has 142 valence electrons. The summed E-state index contributed by atoms with van der Waals surface area (Å²) in [5.41, 5.74) is 8.57. The molecule has 1 aliphatic heterocycles. The van der Waals surface area contributed by atoms with Gasteiger partial charge in [0.2, 0.25) is 0 Å². The molecule has 0 spiro atoms. The molecule has 3 N–H and O–H groups in total. The van der Waals surface area contributed by atoms with Gasteiger partial charge in [0.25, 0.3) is 0 Å². The Morgan fingerprint density at radius 3 is 2.76 bits per heavy atom. The summed E-state index contributed by atoms with van der Waals surface area (Å²) in [6, 6.07) is 8.97. The lowest BCUT2D eigenvalue weighted by atomic mass is 10.0. The van der Waals surface area contributed by atoms with Crippen molar-refractivity contribution in [2.75, 3.05) is 46.6 Å². The Kier molecular flexibility index (Phi) is 10.3. The van der Waals surface area contributed by atoms with Gasteiger partial charge in [-0.2, -0.15) is 0 Å². The maximum absolute atomic E-state index is 6.03. The van der Waals surface area contributed by atoms with E-state index in [2.05, 4.69) is 46.4 Å². The molecule has 0 bridgehead atoms. The molecular weight excluding hydrogens is 431 g/mol. The fourth-order valence-corrected chi connectivity index (χ4v) is 2.97. The van der Waals surface area contributed by atoms with Crippen molar-refractivity contribution < 1.29 is 9.47 Å². The van der Waals surface area contributed by atoms with E-state index in [1.807, 2.05) is 6.92 Å². The maximum atomic E-state index is 6.03. The zero-order valence-corrected chi connectivity index (χ0v) is 17.7. The van der Waals surface area contributed by atoms with Crippen molar-refractivity contribution in [1.29, 1.82) is 0 Å². The van der Waals surface area contributed by atoms with Crippen LogP contribution in [0.1, 0.15) is 24.1 Å². The molecule has 1 aromatic rings. The SMILES string of the molecule is COCC(C)NC(N)=NCC(c1cccc(C)c1)N1CCOCC1.I. The minimum absolute atomic E-state index is 0. The lowest BCUT2D eigenvalue weighted by Crippen LogP contribution is -2.43. The summed E-state index contributed by atoms with van der Waals surface area (Å²) in [7, 11) is 1.68. The Hall–Kier alpha value is -0.900. The fraction of sp³-hybridized carbons (Fsp3) is 0.611. The number of nitrogens with two attached hydrogens (primary N) is 1. The molecule has 1 saturated heterocycles. The van der Waals surface area contributed by atoms with E-state index in [9.17, 15) is 0 Å². The standard InChI is InChI=1S/C18H30N4O2.HI/c1-14-5-4-6-16(11-14)17(22-7-9-24-10-8-22)12-20-18(19)21-15(2)13-23-3;/h4-6,11,15,17H,7-10,12-13H2,1-3H3,(H3,19,20,21);1H. The van der Waals surface area contributed by atoms with Crippen LogP contribution in [0.2, 0.25) is 0 Å². The highest BCUT2D eigenvalue weighted by molar-refractivity contribution is 14.0. The number of aliphatic imine (C=N–C) groups is 1. The number of methoxy groups -OCH3 is 1. The summed E-state index contributed by atoms with van der Waals surface area (Å²) in [5, 5.41) is 3.16. The Labute approximate surface area is 168 Å². The van der Waals surface area contributed by atoms with Gasteiger partial charge in [0.15, 0.2) is 5.96 Å². The van der Waals surface area contributed by atoms with Crippen LogP contribution >= 0.6 is 24.0 Å². The smallest absolute Gasteiger partial charge is 0.188 e. The molecule has 1 aliphatic rings. The third-order valence-corrected chi connectivity index (χ3v) is 4.16. The van der Waals surface area contributed by atoms with Gasteiger partial charge in [-0.3, -0.25) is 9.89 Å². The molecule has 0 saturated carbocycles. The minimum Gasteiger partial charge on any atom is -0.383 e. The first-order valence-electron chi connectivity index (χ1n) is 8.54. The van der Waals surface area contributed by atoms with Crippen molar-refractivity contribution in [2.24, 2.45) is 10.7 Å². The molecule has 2 rings (SSSR count). The Bertz CT molecular complexity index is 536. The van der Waals surface area contributed by atoms with Crippen molar-refractivity contribution in [3.05, 3.63) is 35.4 Å². The molecule has 0 aromatic heterocycles. The number of guanidine groups is 1. The predicted molar refractivity (Wildman–Crippen MR) is 113 cm³/mol. The van der Waals surface area contributed by atoms with Gasteiger partial charge in [0.1, 0.15) is 0 Å². The average molecular weight is 462 g/mol. The van der Waals surface area contributed by atoms with Gasteiger partial charge in [-0.05, 0) is 19.4 Å². The van der Waals surface area contributed by atoms with Crippen molar-refractivity contribution in [3.63, 3.8) is 0 Å². The molecule has 1 fully saturated rings. The van der Waals surface area contributed by atoms with Crippen molar-refractivity contribution >= 4 is 29.9 Å². The lowest BCUT2D eigenvalue weighted by molar-refractivity contribution is 0.0179. The molecular formula is C18H31IN4O2. The van der Waals surface area contributed by atoms with Gasteiger partial charge in [-0.15, -0.1) is 24.0 Å². The molecule has 1 heterocycles. The highest BCUT2D eigenvalue weighted by Crippen LogP contribution is 2.23. The third kappa shape index (κ3) is 7.47. The highest BCUT2D eigenvalue weighted by Gasteiger charge is 2.22. The van der Waals surface area contributed by atoms with Crippen LogP contribution in [-0.4, -0.2) is 63.5 Å². The molecule has 2 unspecified atom stereocenters. The van der Waals surface area contributed by atoms with E-state index in [4.69, 9.17) is 15.2 Å². The van der Waals surface area contributed by atoms with Crippen molar-refractivity contribution in [2.45, 2.75) is 25.9 Å². The van der Waals surface area contributed by atoms with Gasteiger partial charge in [0, 0.05) is 26.2 Å². The van der Waals surface area contributed by atoms with Gasteiger partial charge in [-0.1, -0.05) is 29.8 Å². The number of ether oxygens (including phenoxy) is 2. The van der Waals surface area contributed by atoms with Crippen LogP contribution in [0.4, 0.5) is 0 Å². The monoisotopic (exact) mass is 462 g/mol. The minimum atomic E-state index is 0. The molecule has 1 aromatic carbocycles. The zero-order valence-electron chi connectivity index (χ0n) is 15.4. The summed E-state index contributed by atoms with van der Waals surface area (Å²) >= 11 is 0. The van der Waals surface area contributed by atoms with Crippen LogP contribution in [0.5, 0.6) is 0 Å². The number of benzene rings is 1. The topological polar surface area (TPSA) is 72.1 Å². The number of aryl methyl sites for hydroxylation is 1. The first-order chi connectivity index (χ1) is 11.6. The van der Waals surface area contributed by atoms with Gasteiger partial charge >= 0.3 is 0 Å². The quantitative estimate of drug-likeness (QED) is 0.368. The largest absolute Gasteiger partial charge is 0.383 e. The summed E-state index contributed by atoms with van der Waals surface area (Å²) in [6.07, 6.45) is 0. The molecule has 6 nitrogen and oxygen atoms in total. The Balaban J connectivity index is 0.00000312. The second-order valence-electron chi connectivity index (χ2n) is 6.30. The molecule has 7 heteroatoms. The number of hydrogen-bond acceptors (Lipinski definition) is 4. The summed E-state index contributed by atoms with van der Waals surface area (Å²) in [6.45, 7) is 8.73. The first kappa shape index (κ1) is 22.1. The number of rotatable bonds is 7.